The summed E-state index contributed by atoms with van der Waals surface area (Å²) in [6.45, 7) is 1.75. The second-order valence-electron chi connectivity index (χ2n) is 6.90. The first-order valence-corrected chi connectivity index (χ1v) is 11.9. The summed E-state index contributed by atoms with van der Waals surface area (Å²) in [4.78, 5) is 43.0. The summed E-state index contributed by atoms with van der Waals surface area (Å²) in [6.07, 6.45) is 3.60. The summed E-state index contributed by atoms with van der Waals surface area (Å²) in [5.74, 6) is -1.99. The number of aromatic nitrogens is 1. The maximum absolute atomic E-state index is 14.2. The zero-order valence-corrected chi connectivity index (χ0v) is 19.6. The number of aliphatic carboxylic acids is 1. The van der Waals surface area contributed by atoms with Gasteiger partial charge in [-0.3, -0.25) is 24.2 Å². The van der Waals surface area contributed by atoms with E-state index in [1.807, 2.05) is 0 Å². The standard InChI is InChI=1S/C21H20FN3O4S3/c1-13(26)25(16-8-5-4-7-15(16)22)20-23-14(12-31-20)11-17-19(29)24(21(30)32-17)10-6-2-3-9-18(27)28/h4-5,7-8,11-12H,2-3,6,9-10H2,1H3,(H,27,28)/b17-11-. The SMILES string of the molecule is CC(=O)N(c1nc(/C=C2\SC(=S)N(CCCCCC(=O)O)C2=O)cs1)c1ccccc1F. The number of carbonyl (C=O) groups is 3. The fourth-order valence-corrected chi connectivity index (χ4v) is 5.17. The highest BCUT2D eigenvalue weighted by atomic mass is 32.2. The van der Waals surface area contributed by atoms with E-state index in [4.69, 9.17) is 17.3 Å². The van der Waals surface area contributed by atoms with Gasteiger partial charge in [-0.25, -0.2) is 9.37 Å². The molecule has 0 aliphatic carbocycles. The second kappa shape index (κ2) is 10.8. The number of nitrogens with zero attached hydrogens (tertiary/aromatic N) is 3. The molecule has 11 heteroatoms. The van der Waals surface area contributed by atoms with Crippen molar-refractivity contribution in [1.29, 1.82) is 0 Å². The monoisotopic (exact) mass is 493 g/mol. The van der Waals surface area contributed by atoms with Crippen LogP contribution in [-0.4, -0.2) is 43.6 Å². The molecule has 2 aromatic rings. The minimum atomic E-state index is -0.834. The Bertz CT molecular complexity index is 1090. The van der Waals surface area contributed by atoms with Crippen LogP contribution < -0.4 is 4.90 Å². The van der Waals surface area contributed by atoms with Crippen molar-refractivity contribution in [1.82, 2.24) is 9.88 Å². The van der Waals surface area contributed by atoms with Gasteiger partial charge in [-0.05, 0) is 31.1 Å². The van der Waals surface area contributed by atoms with Gasteiger partial charge in [-0.2, -0.15) is 0 Å². The number of rotatable bonds is 9. The Labute approximate surface area is 197 Å². The molecule has 168 valence electrons. The van der Waals surface area contributed by atoms with Gasteiger partial charge in [-0.15, -0.1) is 11.3 Å². The van der Waals surface area contributed by atoms with Gasteiger partial charge in [0, 0.05) is 25.3 Å². The highest BCUT2D eigenvalue weighted by Gasteiger charge is 2.32. The Morgan fingerprint density at radius 3 is 2.72 bits per heavy atom. The van der Waals surface area contributed by atoms with E-state index in [0.29, 0.717) is 45.9 Å². The number of para-hydroxylation sites is 1. The summed E-state index contributed by atoms with van der Waals surface area (Å²) in [6, 6.07) is 5.95. The molecule has 0 saturated carbocycles. The number of hydrogen-bond donors (Lipinski definition) is 1. The van der Waals surface area contributed by atoms with E-state index in [9.17, 15) is 18.8 Å². The Morgan fingerprint density at radius 2 is 2.03 bits per heavy atom. The molecular weight excluding hydrogens is 473 g/mol. The van der Waals surface area contributed by atoms with Crippen LogP contribution in [0.5, 0.6) is 0 Å². The van der Waals surface area contributed by atoms with Crippen LogP contribution in [0.1, 0.15) is 38.3 Å². The number of amides is 2. The molecule has 0 atom stereocenters. The van der Waals surface area contributed by atoms with Gasteiger partial charge in [0.15, 0.2) is 5.13 Å². The average molecular weight is 494 g/mol. The third-order valence-electron chi connectivity index (χ3n) is 4.53. The van der Waals surface area contributed by atoms with Crippen LogP contribution in [0.4, 0.5) is 15.2 Å². The Kier molecular flexibility index (Phi) is 8.10. The number of carbonyl (C=O) groups excluding carboxylic acids is 2. The molecule has 0 bridgehead atoms. The number of thiocarbonyl (C=S) groups is 1. The predicted molar refractivity (Wildman–Crippen MR) is 127 cm³/mol. The van der Waals surface area contributed by atoms with Crippen molar-refractivity contribution in [2.75, 3.05) is 11.4 Å². The predicted octanol–water partition coefficient (Wildman–Crippen LogP) is 4.81. The van der Waals surface area contributed by atoms with Crippen LogP contribution in [0, 0.1) is 5.82 Å². The molecule has 1 aliphatic heterocycles. The van der Waals surface area contributed by atoms with E-state index >= 15 is 0 Å². The topological polar surface area (TPSA) is 90.8 Å². The molecule has 1 aromatic carbocycles. The normalized spacial score (nSPS) is 14.9. The molecule has 0 spiro atoms. The Balaban J connectivity index is 1.71. The largest absolute Gasteiger partial charge is 0.481 e. The average Bonchev–Trinajstić information content (AvgIpc) is 3.28. The number of hydrogen-bond acceptors (Lipinski definition) is 7. The smallest absolute Gasteiger partial charge is 0.303 e. The Hall–Kier alpha value is -2.63. The summed E-state index contributed by atoms with van der Waals surface area (Å²) < 4.78 is 14.7. The summed E-state index contributed by atoms with van der Waals surface area (Å²) >= 11 is 7.64. The number of thiazole rings is 1. The number of carboxylic acid groups (broad SMARTS) is 1. The van der Waals surface area contributed by atoms with Crippen LogP contribution in [0.25, 0.3) is 6.08 Å². The number of thioether (sulfide) groups is 1. The van der Waals surface area contributed by atoms with Crippen molar-refractivity contribution < 1.29 is 23.9 Å². The van der Waals surface area contributed by atoms with Crippen molar-refractivity contribution in [3.63, 3.8) is 0 Å². The maximum Gasteiger partial charge on any atom is 0.303 e. The van der Waals surface area contributed by atoms with Crippen molar-refractivity contribution in [3.8, 4) is 0 Å². The van der Waals surface area contributed by atoms with Crippen LogP contribution in [0.15, 0.2) is 34.6 Å². The molecule has 0 radical (unpaired) electrons. The quantitative estimate of drug-likeness (QED) is 0.304. The van der Waals surface area contributed by atoms with Crippen LogP contribution in [-0.2, 0) is 14.4 Å². The van der Waals surface area contributed by atoms with E-state index in [2.05, 4.69) is 4.98 Å². The van der Waals surface area contributed by atoms with Gasteiger partial charge in [0.1, 0.15) is 10.1 Å². The second-order valence-corrected chi connectivity index (χ2v) is 9.41. The molecule has 0 unspecified atom stereocenters. The van der Waals surface area contributed by atoms with Crippen molar-refractivity contribution in [2.45, 2.75) is 32.6 Å². The fraction of sp³-hybridized carbons (Fsp3) is 0.286. The van der Waals surface area contributed by atoms with Crippen molar-refractivity contribution in [3.05, 3.63) is 46.1 Å². The molecule has 3 rings (SSSR count). The molecule has 7 nitrogen and oxygen atoms in total. The van der Waals surface area contributed by atoms with Gasteiger partial charge >= 0.3 is 5.97 Å². The van der Waals surface area contributed by atoms with Gasteiger partial charge < -0.3 is 5.11 Å². The van der Waals surface area contributed by atoms with E-state index in [-0.39, 0.29) is 23.9 Å². The van der Waals surface area contributed by atoms with Gasteiger partial charge in [-0.1, -0.05) is 42.5 Å². The number of carboxylic acids is 1. The van der Waals surface area contributed by atoms with E-state index in [0.717, 1.165) is 0 Å². The third-order valence-corrected chi connectivity index (χ3v) is 6.76. The fourth-order valence-electron chi connectivity index (χ4n) is 3.04. The van der Waals surface area contributed by atoms with E-state index in [1.54, 1.807) is 23.6 Å². The number of anilines is 2. The molecule has 1 aromatic heterocycles. The first-order chi connectivity index (χ1) is 15.3. The highest BCUT2D eigenvalue weighted by molar-refractivity contribution is 8.26. The van der Waals surface area contributed by atoms with Crippen molar-refractivity contribution >= 4 is 74.3 Å². The lowest BCUT2D eigenvalue weighted by Gasteiger charge is -2.18. The number of unbranched alkanes of at least 4 members (excludes halogenated alkanes) is 2. The lowest BCUT2D eigenvalue weighted by atomic mass is 10.2. The number of benzene rings is 1. The van der Waals surface area contributed by atoms with E-state index in [1.165, 1.54) is 52.0 Å². The molecule has 2 heterocycles. The molecule has 1 N–H and O–H groups in total. The first kappa shape index (κ1) is 24.0. The summed E-state index contributed by atoms with van der Waals surface area (Å²) in [5.41, 5.74) is 0.574. The summed E-state index contributed by atoms with van der Waals surface area (Å²) in [5, 5.41) is 10.7. The maximum atomic E-state index is 14.2. The highest BCUT2D eigenvalue weighted by Crippen LogP contribution is 2.35. The molecule has 1 saturated heterocycles. The van der Waals surface area contributed by atoms with Crippen LogP contribution in [0.2, 0.25) is 0 Å². The molecule has 1 aliphatic rings. The van der Waals surface area contributed by atoms with E-state index < -0.39 is 11.8 Å². The zero-order chi connectivity index (χ0) is 23.3. The minimum absolute atomic E-state index is 0.106. The lowest BCUT2D eigenvalue weighted by molar-refractivity contribution is -0.137. The van der Waals surface area contributed by atoms with Gasteiger partial charge in [0.05, 0.1) is 16.3 Å². The van der Waals surface area contributed by atoms with Crippen LogP contribution >= 0.6 is 35.3 Å². The molecule has 1 fully saturated rings. The molecular formula is C21H20FN3O4S3. The minimum Gasteiger partial charge on any atom is -0.481 e. The Morgan fingerprint density at radius 1 is 1.28 bits per heavy atom. The third kappa shape index (κ3) is 5.78. The van der Waals surface area contributed by atoms with Gasteiger partial charge in [0.2, 0.25) is 5.91 Å². The lowest BCUT2D eigenvalue weighted by Crippen LogP contribution is -2.29. The van der Waals surface area contributed by atoms with Crippen LogP contribution in [0.3, 0.4) is 0 Å². The molecule has 32 heavy (non-hydrogen) atoms. The summed E-state index contributed by atoms with van der Waals surface area (Å²) in [7, 11) is 0. The number of halogens is 1. The van der Waals surface area contributed by atoms with Gasteiger partial charge in [0.25, 0.3) is 5.91 Å². The molecule has 2 amide bonds. The van der Waals surface area contributed by atoms with Crippen molar-refractivity contribution in [2.24, 2.45) is 0 Å². The zero-order valence-electron chi connectivity index (χ0n) is 17.1. The first-order valence-electron chi connectivity index (χ1n) is 9.76.